The molecule has 23 heavy (non-hydrogen) atoms. The largest absolute Gasteiger partial charge is 0.345 e. The maximum atomic E-state index is 13.8. The highest BCUT2D eigenvalue weighted by Gasteiger charge is 2.35. The summed E-state index contributed by atoms with van der Waals surface area (Å²) in [5.41, 5.74) is 5.60. The van der Waals surface area contributed by atoms with Gasteiger partial charge in [0.2, 0.25) is 5.91 Å². The van der Waals surface area contributed by atoms with Crippen molar-refractivity contribution < 1.29 is 14.0 Å². The summed E-state index contributed by atoms with van der Waals surface area (Å²) in [5, 5.41) is 2.71. The summed E-state index contributed by atoms with van der Waals surface area (Å²) >= 11 is 0. The Hall–Kier alpha value is -1.66. The first-order chi connectivity index (χ1) is 10.3. The molecule has 1 aromatic rings. The minimum absolute atomic E-state index is 0. The Kier molecular flexibility index (Phi) is 6.53. The van der Waals surface area contributed by atoms with Gasteiger partial charge in [-0.3, -0.25) is 9.59 Å². The lowest BCUT2D eigenvalue weighted by Crippen LogP contribution is -2.52. The molecule has 0 unspecified atom stereocenters. The Balaban J connectivity index is 0.00000264. The number of rotatable bonds is 3. The zero-order chi connectivity index (χ0) is 16.3. The van der Waals surface area contributed by atoms with E-state index in [2.05, 4.69) is 5.32 Å². The molecule has 7 heteroatoms. The molecule has 0 saturated heterocycles. The number of benzene rings is 1. The van der Waals surface area contributed by atoms with Crippen molar-refractivity contribution >= 4 is 29.9 Å². The minimum Gasteiger partial charge on any atom is -0.345 e. The zero-order valence-electron chi connectivity index (χ0n) is 13.4. The quantitative estimate of drug-likeness (QED) is 0.885. The van der Waals surface area contributed by atoms with Crippen LogP contribution in [0.3, 0.4) is 0 Å². The first kappa shape index (κ1) is 19.4. The van der Waals surface area contributed by atoms with Crippen LogP contribution in [0.2, 0.25) is 0 Å². The summed E-state index contributed by atoms with van der Waals surface area (Å²) < 4.78 is 13.8. The average molecular weight is 344 g/mol. The molecule has 0 aliphatic heterocycles. The van der Waals surface area contributed by atoms with Crippen molar-refractivity contribution in [1.29, 1.82) is 0 Å². The van der Waals surface area contributed by atoms with E-state index >= 15 is 0 Å². The Labute approximate surface area is 141 Å². The van der Waals surface area contributed by atoms with Gasteiger partial charge in [-0.2, -0.15) is 0 Å². The number of halogens is 2. The predicted octanol–water partition coefficient (Wildman–Crippen LogP) is 2.55. The van der Waals surface area contributed by atoms with Crippen LogP contribution in [0.1, 0.15) is 42.5 Å². The molecule has 1 aliphatic rings. The molecule has 1 aliphatic carbocycles. The number of carbonyl (C=O) groups is 2. The topological polar surface area (TPSA) is 75.4 Å². The standard InChI is InChI=1S/C16H22FN3O2.ClH/c1-20(2)14(21)12-10-11(6-7-13(12)17)19-15(22)16(18)8-4-3-5-9-16;/h6-7,10H,3-5,8-9,18H2,1-2H3,(H,19,22);1H. The number of nitrogens with two attached hydrogens (primary N) is 1. The highest BCUT2D eigenvalue weighted by atomic mass is 35.5. The van der Waals surface area contributed by atoms with Crippen LogP contribution in [0.25, 0.3) is 0 Å². The van der Waals surface area contributed by atoms with Gasteiger partial charge in [0, 0.05) is 19.8 Å². The number of hydrogen-bond acceptors (Lipinski definition) is 3. The second-order valence-electron chi connectivity index (χ2n) is 6.07. The van der Waals surface area contributed by atoms with Gasteiger partial charge in [0.25, 0.3) is 5.91 Å². The second kappa shape index (κ2) is 7.75. The molecule has 3 N–H and O–H groups in total. The van der Waals surface area contributed by atoms with E-state index in [4.69, 9.17) is 5.73 Å². The first-order valence-corrected chi connectivity index (χ1v) is 7.45. The summed E-state index contributed by atoms with van der Waals surface area (Å²) in [6, 6.07) is 3.96. The van der Waals surface area contributed by atoms with E-state index in [0.717, 1.165) is 19.3 Å². The van der Waals surface area contributed by atoms with Crippen LogP contribution in [0.15, 0.2) is 18.2 Å². The highest BCUT2D eigenvalue weighted by Crippen LogP contribution is 2.27. The molecule has 0 atom stereocenters. The van der Waals surface area contributed by atoms with E-state index < -0.39 is 17.3 Å². The van der Waals surface area contributed by atoms with Crippen LogP contribution in [0, 0.1) is 5.82 Å². The predicted molar refractivity (Wildman–Crippen MR) is 90.3 cm³/mol. The fraction of sp³-hybridized carbons (Fsp3) is 0.500. The maximum absolute atomic E-state index is 13.8. The summed E-state index contributed by atoms with van der Waals surface area (Å²) in [7, 11) is 3.09. The molecule has 2 amide bonds. The third-order valence-corrected chi connectivity index (χ3v) is 4.06. The molecule has 0 radical (unpaired) electrons. The molecule has 0 spiro atoms. The minimum atomic E-state index is -0.877. The van der Waals surface area contributed by atoms with Crippen molar-refractivity contribution in [2.24, 2.45) is 5.73 Å². The molecule has 1 fully saturated rings. The van der Waals surface area contributed by atoms with Gasteiger partial charge in [-0.15, -0.1) is 12.4 Å². The second-order valence-corrected chi connectivity index (χ2v) is 6.07. The molecule has 0 aromatic heterocycles. The summed E-state index contributed by atoms with van der Waals surface area (Å²) in [4.78, 5) is 25.6. The van der Waals surface area contributed by atoms with Crippen LogP contribution >= 0.6 is 12.4 Å². The lowest BCUT2D eigenvalue weighted by molar-refractivity contribution is -0.122. The average Bonchev–Trinajstić information content (AvgIpc) is 2.49. The van der Waals surface area contributed by atoms with Crippen molar-refractivity contribution in [3.8, 4) is 0 Å². The smallest absolute Gasteiger partial charge is 0.256 e. The summed E-state index contributed by atoms with van der Waals surface area (Å²) in [6.45, 7) is 0. The monoisotopic (exact) mass is 343 g/mol. The van der Waals surface area contributed by atoms with Crippen molar-refractivity contribution in [2.75, 3.05) is 19.4 Å². The third kappa shape index (κ3) is 4.42. The van der Waals surface area contributed by atoms with Crippen molar-refractivity contribution in [3.63, 3.8) is 0 Å². The molecule has 128 valence electrons. The van der Waals surface area contributed by atoms with Gasteiger partial charge in [0.05, 0.1) is 11.1 Å². The Morgan fingerprint density at radius 3 is 2.39 bits per heavy atom. The van der Waals surface area contributed by atoms with Gasteiger partial charge < -0.3 is 16.0 Å². The Morgan fingerprint density at radius 2 is 1.83 bits per heavy atom. The molecule has 0 bridgehead atoms. The van der Waals surface area contributed by atoms with Gasteiger partial charge in [0.15, 0.2) is 0 Å². The normalized spacial score (nSPS) is 16.2. The SMILES string of the molecule is CN(C)C(=O)c1cc(NC(=O)C2(N)CCCCC2)ccc1F.Cl. The van der Waals surface area contributed by atoms with E-state index in [1.54, 1.807) is 14.1 Å². The van der Waals surface area contributed by atoms with E-state index in [1.807, 2.05) is 0 Å². The molecular weight excluding hydrogens is 321 g/mol. The lowest BCUT2D eigenvalue weighted by Gasteiger charge is -2.31. The van der Waals surface area contributed by atoms with Crippen molar-refractivity contribution in [3.05, 3.63) is 29.6 Å². The summed E-state index contributed by atoms with van der Waals surface area (Å²) in [6.07, 6.45) is 4.23. The van der Waals surface area contributed by atoms with E-state index in [0.29, 0.717) is 18.5 Å². The first-order valence-electron chi connectivity index (χ1n) is 7.45. The maximum Gasteiger partial charge on any atom is 0.256 e. The van der Waals surface area contributed by atoms with E-state index in [1.165, 1.54) is 23.1 Å². The fourth-order valence-corrected chi connectivity index (χ4v) is 2.67. The number of hydrogen-bond donors (Lipinski definition) is 2. The van der Waals surface area contributed by atoms with Gasteiger partial charge >= 0.3 is 0 Å². The number of nitrogens with zero attached hydrogens (tertiary/aromatic N) is 1. The van der Waals surface area contributed by atoms with E-state index in [9.17, 15) is 14.0 Å². The Morgan fingerprint density at radius 1 is 1.22 bits per heavy atom. The molecule has 1 saturated carbocycles. The number of carbonyl (C=O) groups excluding carboxylic acids is 2. The van der Waals surface area contributed by atoms with E-state index in [-0.39, 0.29) is 23.9 Å². The Bertz CT molecular complexity index is 587. The highest BCUT2D eigenvalue weighted by molar-refractivity contribution is 6.00. The molecule has 1 aromatic carbocycles. The van der Waals surface area contributed by atoms with Crippen LogP contribution in [-0.4, -0.2) is 36.3 Å². The molecule has 2 rings (SSSR count). The van der Waals surface area contributed by atoms with Gasteiger partial charge in [0.1, 0.15) is 5.82 Å². The van der Waals surface area contributed by atoms with Crippen LogP contribution in [0.4, 0.5) is 10.1 Å². The number of amides is 2. The van der Waals surface area contributed by atoms with Crippen LogP contribution < -0.4 is 11.1 Å². The van der Waals surface area contributed by atoms with Crippen LogP contribution in [0.5, 0.6) is 0 Å². The third-order valence-electron chi connectivity index (χ3n) is 4.06. The van der Waals surface area contributed by atoms with Gasteiger partial charge in [-0.05, 0) is 31.0 Å². The summed E-state index contributed by atoms with van der Waals surface area (Å²) in [5.74, 6) is -1.34. The fourth-order valence-electron chi connectivity index (χ4n) is 2.67. The zero-order valence-corrected chi connectivity index (χ0v) is 14.2. The van der Waals surface area contributed by atoms with Crippen LogP contribution in [-0.2, 0) is 4.79 Å². The molecule has 0 heterocycles. The van der Waals surface area contributed by atoms with Gasteiger partial charge in [-0.25, -0.2) is 4.39 Å². The number of nitrogens with one attached hydrogen (secondary N) is 1. The van der Waals surface area contributed by atoms with Crippen molar-refractivity contribution in [1.82, 2.24) is 4.90 Å². The number of anilines is 1. The molecule has 5 nitrogen and oxygen atoms in total. The molecular formula is C16H23ClFN3O2. The van der Waals surface area contributed by atoms with Crippen molar-refractivity contribution in [2.45, 2.75) is 37.6 Å². The lowest BCUT2D eigenvalue weighted by atomic mass is 9.82. The van der Waals surface area contributed by atoms with Gasteiger partial charge in [-0.1, -0.05) is 19.3 Å².